The van der Waals surface area contributed by atoms with Gasteiger partial charge < -0.3 is 5.32 Å². The first kappa shape index (κ1) is 18.7. The Bertz CT molecular complexity index is 881. The van der Waals surface area contributed by atoms with Gasteiger partial charge >= 0.3 is 0 Å². The third kappa shape index (κ3) is 4.35. The van der Waals surface area contributed by atoms with E-state index in [0.717, 1.165) is 23.8 Å². The Balaban J connectivity index is 1.70. The van der Waals surface area contributed by atoms with Gasteiger partial charge in [-0.25, -0.2) is 0 Å². The van der Waals surface area contributed by atoms with E-state index in [1.54, 1.807) is 0 Å². The van der Waals surface area contributed by atoms with Crippen molar-refractivity contribution in [1.82, 2.24) is 15.1 Å². The van der Waals surface area contributed by atoms with E-state index in [1.165, 1.54) is 27.9 Å². The van der Waals surface area contributed by atoms with E-state index < -0.39 is 0 Å². The molecule has 0 aliphatic heterocycles. The van der Waals surface area contributed by atoms with Gasteiger partial charge in [0.25, 0.3) is 0 Å². The first-order valence-electron chi connectivity index (χ1n) is 9.01. The average Bonchev–Trinajstić information content (AvgIpc) is 2.88. The summed E-state index contributed by atoms with van der Waals surface area (Å²) in [6, 6.07) is 16.9. The van der Waals surface area contributed by atoms with Crippen molar-refractivity contribution in [2.24, 2.45) is 0 Å². The first-order valence-corrected chi connectivity index (χ1v) is 9.39. The zero-order chi connectivity index (χ0) is 18.7. The lowest BCUT2D eigenvalue weighted by Gasteiger charge is -2.15. The van der Waals surface area contributed by atoms with Gasteiger partial charge in [-0.1, -0.05) is 53.6 Å². The van der Waals surface area contributed by atoms with E-state index >= 15 is 0 Å². The molecule has 136 valence electrons. The van der Waals surface area contributed by atoms with Gasteiger partial charge in [0.05, 0.1) is 12.2 Å². The van der Waals surface area contributed by atoms with Crippen LogP contribution in [0.5, 0.6) is 0 Å². The van der Waals surface area contributed by atoms with E-state index in [2.05, 4.69) is 68.0 Å². The number of aryl methyl sites for hydroxylation is 2. The molecule has 0 unspecified atom stereocenters. The molecule has 0 radical (unpaired) electrons. The minimum absolute atomic E-state index is 0.230. The highest BCUT2D eigenvalue weighted by Gasteiger charge is 2.13. The molecular formula is C22H26ClN3. The Morgan fingerprint density at radius 2 is 1.81 bits per heavy atom. The fourth-order valence-corrected chi connectivity index (χ4v) is 3.36. The zero-order valence-corrected chi connectivity index (χ0v) is 16.6. The first-order chi connectivity index (χ1) is 12.4. The molecule has 1 aromatic heterocycles. The van der Waals surface area contributed by atoms with Crippen LogP contribution < -0.4 is 5.32 Å². The molecular weight excluding hydrogens is 342 g/mol. The number of nitrogens with zero attached hydrogens (tertiary/aromatic N) is 2. The number of rotatable bonds is 6. The summed E-state index contributed by atoms with van der Waals surface area (Å²) in [4.78, 5) is 0. The molecule has 0 aliphatic rings. The van der Waals surface area contributed by atoms with Crippen molar-refractivity contribution in [2.75, 3.05) is 0 Å². The highest BCUT2D eigenvalue weighted by molar-refractivity contribution is 6.30. The molecule has 1 N–H and O–H groups in total. The second kappa shape index (κ2) is 8.07. The molecule has 3 rings (SSSR count). The number of nitrogens with one attached hydrogen (secondary N) is 1. The van der Waals surface area contributed by atoms with Crippen molar-refractivity contribution >= 4 is 11.6 Å². The van der Waals surface area contributed by atoms with Crippen molar-refractivity contribution < 1.29 is 0 Å². The third-order valence-electron chi connectivity index (χ3n) is 4.92. The van der Waals surface area contributed by atoms with E-state index in [0.29, 0.717) is 0 Å². The van der Waals surface area contributed by atoms with E-state index in [4.69, 9.17) is 16.7 Å². The predicted molar refractivity (Wildman–Crippen MR) is 109 cm³/mol. The minimum atomic E-state index is 0.230. The maximum absolute atomic E-state index is 6.11. The molecule has 0 spiro atoms. The van der Waals surface area contributed by atoms with Gasteiger partial charge in [-0.15, -0.1) is 0 Å². The van der Waals surface area contributed by atoms with Crippen LogP contribution in [0.3, 0.4) is 0 Å². The number of aromatic nitrogens is 2. The summed E-state index contributed by atoms with van der Waals surface area (Å²) in [5, 5.41) is 9.12. The fraction of sp³-hybridized carbons (Fsp3) is 0.318. The Hall–Kier alpha value is -2.10. The fourth-order valence-electron chi connectivity index (χ4n) is 3.16. The highest BCUT2D eigenvalue weighted by Crippen LogP contribution is 2.20. The van der Waals surface area contributed by atoms with E-state index in [9.17, 15) is 0 Å². The van der Waals surface area contributed by atoms with E-state index in [-0.39, 0.29) is 6.04 Å². The normalized spacial score (nSPS) is 12.3. The Kier molecular flexibility index (Phi) is 5.80. The second-order valence-corrected chi connectivity index (χ2v) is 7.39. The minimum Gasteiger partial charge on any atom is -0.306 e. The molecule has 3 nitrogen and oxygen atoms in total. The standard InChI is InChI=1S/C22H26ClN3/c1-15-8-10-19(11-9-15)14-26-18(4)22(17(3)25-26)13-24-16(2)20-6-5-7-21(23)12-20/h5-12,16,24H,13-14H2,1-4H3/t16-/m1/s1. The molecule has 3 aromatic rings. The maximum Gasteiger partial charge on any atom is 0.0662 e. The SMILES string of the molecule is Cc1ccc(Cn2nc(C)c(CN[C@H](C)c3cccc(Cl)c3)c2C)cc1. The maximum atomic E-state index is 6.11. The molecule has 0 bridgehead atoms. The van der Waals surface area contributed by atoms with Crippen LogP contribution in [0, 0.1) is 20.8 Å². The van der Waals surface area contributed by atoms with Gasteiger partial charge in [-0.3, -0.25) is 4.68 Å². The number of hydrogen-bond acceptors (Lipinski definition) is 2. The summed E-state index contributed by atoms with van der Waals surface area (Å²) in [7, 11) is 0. The van der Waals surface area contributed by atoms with Crippen LogP contribution in [-0.4, -0.2) is 9.78 Å². The van der Waals surface area contributed by atoms with Gasteiger partial charge in [0, 0.05) is 28.9 Å². The summed E-state index contributed by atoms with van der Waals surface area (Å²) in [6.45, 7) is 10.1. The average molecular weight is 368 g/mol. The smallest absolute Gasteiger partial charge is 0.0662 e. The van der Waals surface area contributed by atoms with Gasteiger partial charge in [0.1, 0.15) is 0 Å². The van der Waals surface area contributed by atoms with Crippen LogP contribution >= 0.6 is 11.6 Å². The quantitative estimate of drug-likeness (QED) is 0.635. The van der Waals surface area contributed by atoms with Crippen molar-refractivity contribution in [1.29, 1.82) is 0 Å². The third-order valence-corrected chi connectivity index (χ3v) is 5.15. The summed E-state index contributed by atoms with van der Waals surface area (Å²) in [5.74, 6) is 0. The van der Waals surface area contributed by atoms with Crippen LogP contribution in [0.15, 0.2) is 48.5 Å². The van der Waals surface area contributed by atoms with Crippen LogP contribution in [0.4, 0.5) is 0 Å². The Morgan fingerprint density at radius 3 is 2.50 bits per heavy atom. The van der Waals surface area contributed by atoms with Crippen LogP contribution in [0.25, 0.3) is 0 Å². The van der Waals surface area contributed by atoms with Gasteiger partial charge in [-0.05, 0) is 51.0 Å². The van der Waals surface area contributed by atoms with E-state index in [1.807, 2.05) is 18.2 Å². The molecule has 4 heteroatoms. The molecule has 2 aromatic carbocycles. The monoisotopic (exact) mass is 367 g/mol. The second-order valence-electron chi connectivity index (χ2n) is 6.95. The molecule has 0 aliphatic carbocycles. The lowest BCUT2D eigenvalue weighted by molar-refractivity contribution is 0.571. The van der Waals surface area contributed by atoms with Crippen molar-refractivity contribution in [3.8, 4) is 0 Å². The highest BCUT2D eigenvalue weighted by atomic mass is 35.5. The number of hydrogen-bond donors (Lipinski definition) is 1. The molecule has 0 saturated heterocycles. The summed E-state index contributed by atoms with van der Waals surface area (Å²) in [6.07, 6.45) is 0. The molecule has 0 fully saturated rings. The van der Waals surface area contributed by atoms with Crippen LogP contribution in [-0.2, 0) is 13.1 Å². The lowest BCUT2D eigenvalue weighted by atomic mass is 10.1. The number of benzene rings is 2. The molecule has 0 amide bonds. The van der Waals surface area contributed by atoms with Crippen molar-refractivity contribution in [2.45, 2.75) is 46.8 Å². The summed E-state index contributed by atoms with van der Waals surface area (Å²) in [5.41, 5.74) is 7.31. The molecule has 0 saturated carbocycles. The Labute approximate surface area is 161 Å². The van der Waals surface area contributed by atoms with Crippen molar-refractivity contribution in [3.63, 3.8) is 0 Å². The Morgan fingerprint density at radius 1 is 1.08 bits per heavy atom. The largest absolute Gasteiger partial charge is 0.306 e. The number of halogens is 1. The molecule has 1 atom stereocenters. The predicted octanol–water partition coefficient (Wildman–Crippen LogP) is 5.36. The van der Waals surface area contributed by atoms with Crippen molar-refractivity contribution in [3.05, 3.63) is 87.2 Å². The van der Waals surface area contributed by atoms with Crippen LogP contribution in [0.1, 0.15) is 46.6 Å². The van der Waals surface area contributed by atoms with Gasteiger partial charge in [0.2, 0.25) is 0 Å². The lowest BCUT2D eigenvalue weighted by Crippen LogP contribution is -2.19. The molecule has 26 heavy (non-hydrogen) atoms. The van der Waals surface area contributed by atoms with Gasteiger partial charge in [0.15, 0.2) is 0 Å². The van der Waals surface area contributed by atoms with Gasteiger partial charge in [-0.2, -0.15) is 5.10 Å². The summed E-state index contributed by atoms with van der Waals surface area (Å²) < 4.78 is 2.10. The van der Waals surface area contributed by atoms with Crippen LogP contribution in [0.2, 0.25) is 5.02 Å². The molecule has 1 heterocycles. The topological polar surface area (TPSA) is 29.9 Å². The summed E-state index contributed by atoms with van der Waals surface area (Å²) >= 11 is 6.11. The zero-order valence-electron chi connectivity index (χ0n) is 15.9.